The van der Waals surface area contributed by atoms with Gasteiger partial charge < -0.3 is 10.4 Å². The number of aromatic nitrogens is 1. The summed E-state index contributed by atoms with van der Waals surface area (Å²) in [6.45, 7) is 0. The second-order valence-electron chi connectivity index (χ2n) is 3.50. The van der Waals surface area contributed by atoms with Gasteiger partial charge in [-0.2, -0.15) is 0 Å². The number of allylic oxidation sites excluding steroid dienone is 2. The number of rotatable bonds is 3. The van der Waals surface area contributed by atoms with Gasteiger partial charge in [0.2, 0.25) is 0 Å². The Morgan fingerprint density at radius 2 is 2.38 bits per heavy atom. The Hall–Kier alpha value is -2.10. The first kappa shape index (κ1) is 10.4. The Morgan fingerprint density at radius 1 is 1.50 bits per heavy atom. The van der Waals surface area contributed by atoms with Crippen LogP contribution in [-0.2, 0) is 0 Å². The number of aromatic carboxylic acids is 1. The van der Waals surface area contributed by atoms with E-state index in [0.29, 0.717) is 5.82 Å². The van der Waals surface area contributed by atoms with E-state index in [1.54, 1.807) is 18.3 Å². The van der Waals surface area contributed by atoms with Gasteiger partial charge in [0.15, 0.2) is 0 Å². The number of carboxylic acids is 1. The molecule has 0 fully saturated rings. The van der Waals surface area contributed by atoms with Gasteiger partial charge in [0.05, 0.1) is 0 Å². The molecule has 1 aromatic rings. The van der Waals surface area contributed by atoms with Crippen LogP contribution in [0.4, 0.5) is 5.82 Å². The second-order valence-corrected chi connectivity index (χ2v) is 3.50. The van der Waals surface area contributed by atoms with Crippen LogP contribution < -0.4 is 5.32 Å². The van der Waals surface area contributed by atoms with Crippen molar-refractivity contribution in [1.29, 1.82) is 0 Å². The van der Waals surface area contributed by atoms with Crippen molar-refractivity contribution in [3.05, 3.63) is 48.2 Å². The molecule has 0 aliphatic heterocycles. The highest BCUT2D eigenvalue weighted by Crippen LogP contribution is 2.15. The highest BCUT2D eigenvalue weighted by Gasteiger charge is 2.13. The quantitative estimate of drug-likeness (QED) is 0.812. The standard InChI is InChI=1S/C12H12N2O2/c15-12(16)10-7-4-8-13-11(10)14-9-5-2-1-3-6-9/h1-5,7-9H,6H2,(H,13,14)(H,15,16). The van der Waals surface area contributed by atoms with E-state index in [0.717, 1.165) is 6.42 Å². The van der Waals surface area contributed by atoms with E-state index < -0.39 is 5.97 Å². The summed E-state index contributed by atoms with van der Waals surface area (Å²) in [6, 6.07) is 3.27. The second kappa shape index (κ2) is 4.61. The fourth-order valence-electron chi connectivity index (χ4n) is 1.56. The van der Waals surface area contributed by atoms with Crippen LogP contribution in [-0.4, -0.2) is 22.1 Å². The van der Waals surface area contributed by atoms with Gasteiger partial charge in [-0.25, -0.2) is 9.78 Å². The summed E-state index contributed by atoms with van der Waals surface area (Å²) in [7, 11) is 0. The molecule has 1 unspecified atom stereocenters. The number of carboxylic acid groups (broad SMARTS) is 1. The van der Waals surface area contributed by atoms with Crippen molar-refractivity contribution in [3.8, 4) is 0 Å². The van der Waals surface area contributed by atoms with Gasteiger partial charge in [-0.05, 0) is 18.6 Å². The van der Waals surface area contributed by atoms with E-state index in [-0.39, 0.29) is 11.6 Å². The van der Waals surface area contributed by atoms with E-state index in [2.05, 4.69) is 10.3 Å². The molecule has 0 saturated carbocycles. The van der Waals surface area contributed by atoms with Crippen molar-refractivity contribution in [3.63, 3.8) is 0 Å². The van der Waals surface area contributed by atoms with E-state index in [1.807, 2.05) is 24.3 Å². The van der Waals surface area contributed by atoms with Crippen LogP contribution in [0.1, 0.15) is 16.8 Å². The molecule has 0 spiro atoms. The summed E-state index contributed by atoms with van der Waals surface area (Å²) in [5.74, 6) is -0.550. The molecule has 0 amide bonds. The molecule has 1 aromatic heterocycles. The predicted octanol–water partition coefficient (Wildman–Crippen LogP) is 2.08. The summed E-state index contributed by atoms with van der Waals surface area (Å²) in [5.41, 5.74) is 0.199. The normalized spacial score (nSPS) is 18.4. The molecular weight excluding hydrogens is 204 g/mol. The smallest absolute Gasteiger partial charge is 0.339 e. The largest absolute Gasteiger partial charge is 0.478 e. The third-order valence-corrected chi connectivity index (χ3v) is 2.34. The number of nitrogens with one attached hydrogen (secondary N) is 1. The minimum absolute atomic E-state index is 0.109. The molecular formula is C12H12N2O2. The van der Waals surface area contributed by atoms with Crippen LogP contribution in [0.2, 0.25) is 0 Å². The van der Waals surface area contributed by atoms with E-state index >= 15 is 0 Å². The lowest BCUT2D eigenvalue weighted by Gasteiger charge is -2.16. The maximum Gasteiger partial charge on any atom is 0.339 e. The van der Waals surface area contributed by atoms with E-state index in [1.165, 1.54) is 0 Å². The van der Waals surface area contributed by atoms with Crippen molar-refractivity contribution in [2.75, 3.05) is 5.32 Å². The van der Waals surface area contributed by atoms with Gasteiger partial charge in [-0.3, -0.25) is 0 Å². The molecule has 0 aromatic carbocycles. The van der Waals surface area contributed by atoms with Crippen LogP contribution in [0.3, 0.4) is 0 Å². The third kappa shape index (κ3) is 2.28. The zero-order valence-corrected chi connectivity index (χ0v) is 8.63. The molecule has 16 heavy (non-hydrogen) atoms. The highest BCUT2D eigenvalue weighted by molar-refractivity contribution is 5.93. The topological polar surface area (TPSA) is 62.2 Å². The lowest BCUT2D eigenvalue weighted by atomic mass is 10.1. The highest BCUT2D eigenvalue weighted by atomic mass is 16.4. The van der Waals surface area contributed by atoms with E-state index in [4.69, 9.17) is 5.11 Å². The maximum atomic E-state index is 11.0. The lowest BCUT2D eigenvalue weighted by Crippen LogP contribution is -2.19. The lowest BCUT2D eigenvalue weighted by molar-refractivity contribution is 0.0697. The fourth-order valence-corrected chi connectivity index (χ4v) is 1.56. The average molecular weight is 216 g/mol. The van der Waals surface area contributed by atoms with Gasteiger partial charge in [-0.1, -0.05) is 24.3 Å². The molecule has 1 atom stereocenters. The SMILES string of the molecule is O=C(O)c1cccnc1NC1C=CC=CC1. The van der Waals surface area contributed by atoms with Crippen molar-refractivity contribution >= 4 is 11.8 Å². The predicted molar refractivity (Wildman–Crippen MR) is 61.5 cm³/mol. The van der Waals surface area contributed by atoms with Crippen LogP contribution in [0, 0.1) is 0 Å². The molecule has 0 saturated heterocycles. The monoisotopic (exact) mass is 216 g/mol. The number of carbonyl (C=O) groups is 1. The summed E-state index contributed by atoms with van der Waals surface area (Å²) < 4.78 is 0. The molecule has 0 bridgehead atoms. The summed E-state index contributed by atoms with van der Waals surface area (Å²) >= 11 is 0. The van der Waals surface area contributed by atoms with Gasteiger partial charge >= 0.3 is 5.97 Å². The van der Waals surface area contributed by atoms with Gasteiger partial charge in [0.1, 0.15) is 11.4 Å². The molecule has 1 aliphatic rings. The molecule has 1 aliphatic carbocycles. The Morgan fingerprint density at radius 3 is 3.06 bits per heavy atom. The number of hydrogen-bond acceptors (Lipinski definition) is 3. The Bertz CT molecular complexity index is 452. The molecule has 4 nitrogen and oxygen atoms in total. The Balaban J connectivity index is 2.17. The minimum atomic E-state index is -0.967. The van der Waals surface area contributed by atoms with Crippen LogP contribution in [0.25, 0.3) is 0 Å². The van der Waals surface area contributed by atoms with Crippen molar-refractivity contribution in [2.24, 2.45) is 0 Å². The van der Waals surface area contributed by atoms with Crippen LogP contribution >= 0.6 is 0 Å². The molecule has 4 heteroatoms. The Kier molecular flexibility index (Phi) is 3.00. The molecule has 2 rings (SSSR count). The first-order valence-electron chi connectivity index (χ1n) is 5.05. The summed E-state index contributed by atoms with van der Waals surface area (Å²) in [6.07, 6.45) is 10.3. The summed E-state index contributed by atoms with van der Waals surface area (Å²) in [5, 5.41) is 12.1. The van der Waals surface area contributed by atoms with Crippen LogP contribution in [0.15, 0.2) is 42.6 Å². The van der Waals surface area contributed by atoms with Crippen molar-refractivity contribution in [1.82, 2.24) is 4.98 Å². The maximum absolute atomic E-state index is 11.0. The molecule has 0 radical (unpaired) electrons. The number of anilines is 1. The third-order valence-electron chi connectivity index (χ3n) is 2.34. The first-order chi connectivity index (χ1) is 7.77. The van der Waals surface area contributed by atoms with Crippen molar-refractivity contribution < 1.29 is 9.90 Å². The average Bonchev–Trinajstić information content (AvgIpc) is 2.31. The zero-order valence-electron chi connectivity index (χ0n) is 8.63. The van der Waals surface area contributed by atoms with E-state index in [9.17, 15) is 4.79 Å². The molecule has 82 valence electrons. The fraction of sp³-hybridized carbons (Fsp3) is 0.167. The number of pyridine rings is 1. The molecule has 1 heterocycles. The first-order valence-corrected chi connectivity index (χ1v) is 5.05. The number of nitrogens with zero attached hydrogens (tertiary/aromatic N) is 1. The molecule has 2 N–H and O–H groups in total. The Labute approximate surface area is 93.3 Å². The summed E-state index contributed by atoms with van der Waals surface area (Å²) in [4.78, 5) is 15.0. The number of hydrogen-bond donors (Lipinski definition) is 2. The van der Waals surface area contributed by atoms with Crippen molar-refractivity contribution in [2.45, 2.75) is 12.5 Å². The zero-order chi connectivity index (χ0) is 11.4. The van der Waals surface area contributed by atoms with Gasteiger partial charge in [0.25, 0.3) is 0 Å². The van der Waals surface area contributed by atoms with Gasteiger partial charge in [-0.15, -0.1) is 0 Å². The van der Waals surface area contributed by atoms with Crippen LogP contribution in [0.5, 0.6) is 0 Å². The minimum Gasteiger partial charge on any atom is -0.478 e. The van der Waals surface area contributed by atoms with Gasteiger partial charge in [0, 0.05) is 12.2 Å².